The van der Waals surface area contributed by atoms with E-state index < -0.39 is 11.9 Å². The summed E-state index contributed by atoms with van der Waals surface area (Å²) >= 11 is 0. The Labute approximate surface area is 121 Å². The molecule has 0 saturated heterocycles. The number of nitrogens with zero attached hydrogens (tertiary/aromatic N) is 1. The van der Waals surface area contributed by atoms with Crippen LogP contribution >= 0.6 is 0 Å². The minimum Gasteiger partial charge on any atom is -0.463 e. The second kappa shape index (κ2) is 9.31. The normalized spacial score (nSPS) is 10.5. The zero-order chi connectivity index (χ0) is 15.7. The molecule has 0 N–H and O–H groups in total. The molecule has 0 unspecified atom stereocenters. The summed E-state index contributed by atoms with van der Waals surface area (Å²) < 4.78 is 9.79. The maximum Gasteiger partial charge on any atom is 0.334 e. The first-order valence-electron chi connectivity index (χ1n) is 6.77. The van der Waals surface area contributed by atoms with Gasteiger partial charge in [0, 0.05) is 30.3 Å². The van der Waals surface area contributed by atoms with Gasteiger partial charge in [-0.25, -0.2) is 9.59 Å². The summed E-state index contributed by atoms with van der Waals surface area (Å²) in [5, 5.41) is 0. The third kappa shape index (κ3) is 6.52. The second-order valence-corrected chi connectivity index (χ2v) is 4.65. The monoisotopic (exact) mass is 283 g/mol. The summed E-state index contributed by atoms with van der Waals surface area (Å²) in [6.07, 6.45) is 0. The van der Waals surface area contributed by atoms with Crippen molar-refractivity contribution in [2.45, 2.75) is 33.7 Å². The summed E-state index contributed by atoms with van der Waals surface area (Å²) in [6.45, 7) is 16.2. The molecule has 0 bridgehead atoms. The van der Waals surface area contributed by atoms with Crippen molar-refractivity contribution >= 4 is 11.9 Å². The molecular weight excluding hydrogens is 258 g/mol. The predicted molar refractivity (Wildman–Crippen MR) is 78.3 cm³/mol. The quantitative estimate of drug-likeness (QED) is 0.478. The highest BCUT2D eigenvalue weighted by Crippen LogP contribution is 2.08. The lowest BCUT2D eigenvalue weighted by molar-refractivity contribution is -0.139. The molecule has 0 heterocycles. The van der Waals surface area contributed by atoms with E-state index in [-0.39, 0.29) is 6.04 Å². The molecule has 20 heavy (non-hydrogen) atoms. The Morgan fingerprint density at radius 1 is 0.950 bits per heavy atom. The van der Waals surface area contributed by atoms with Crippen molar-refractivity contribution in [2.75, 3.05) is 26.3 Å². The Morgan fingerprint density at radius 2 is 1.30 bits per heavy atom. The van der Waals surface area contributed by atoms with Crippen LogP contribution in [0.4, 0.5) is 0 Å². The van der Waals surface area contributed by atoms with Gasteiger partial charge in [-0.2, -0.15) is 0 Å². The zero-order valence-corrected chi connectivity index (χ0v) is 12.9. The van der Waals surface area contributed by atoms with Gasteiger partial charge in [-0.3, -0.25) is 4.90 Å². The first kappa shape index (κ1) is 18.4. The van der Waals surface area contributed by atoms with Crippen LogP contribution in [-0.2, 0) is 19.1 Å². The largest absolute Gasteiger partial charge is 0.463 e. The van der Waals surface area contributed by atoms with Gasteiger partial charge >= 0.3 is 11.9 Å². The number of hydrogen-bond donors (Lipinski definition) is 0. The van der Waals surface area contributed by atoms with Gasteiger partial charge < -0.3 is 9.47 Å². The van der Waals surface area contributed by atoms with Crippen LogP contribution in [0.5, 0.6) is 0 Å². The van der Waals surface area contributed by atoms with Gasteiger partial charge in [-0.1, -0.05) is 13.2 Å². The van der Waals surface area contributed by atoms with E-state index in [9.17, 15) is 9.59 Å². The molecule has 0 saturated carbocycles. The summed E-state index contributed by atoms with van der Waals surface area (Å²) in [6, 6.07) is 0.132. The minimum absolute atomic E-state index is 0.132. The molecule has 0 aromatic carbocycles. The molecule has 0 atom stereocenters. The van der Waals surface area contributed by atoms with Crippen LogP contribution in [0.2, 0.25) is 0 Å². The molecule has 5 nitrogen and oxygen atoms in total. The maximum absolute atomic E-state index is 11.6. The Hall–Kier alpha value is -1.62. The maximum atomic E-state index is 11.6. The van der Waals surface area contributed by atoms with E-state index in [1.807, 2.05) is 18.7 Å². The first-order chi connectivity index (χ1) is 9.33. The molecule has 0 aromatic rings. The molecule has 0 radical (unpaired) electrons. The second-order valence-electron chi connectivity index (χ2n) is 4.65. The molecule has 0 spiro atoms. The third-order valence-corrected chi connectivity index (χ3v) is 2.65. The van der Waals surface area contributed by atoms with E-state index in [2.05, 4.69) is 13.2 Å². The standard InChI is InChI=1S/C15H25NO4/c1-7-19-14(17)12(5)9-16(11(3)4)10-13(6)15(18)20-8-2/h11H,5-10H2,1-4H3. The smallest absolute Gasteiger partial charge is 0.334 e. The van der Waals surface area contributed by atoms with Gasteiger partial charge in [0.2, 0.25) is 0 Å². The lowest BCUT2D eigenvalue weighted by Crippen LogP contribution is -2.37. The highest BCUT2D eigenvalue weighted by atomic mass is 16.5. The molecule has 0 rings (SSSR count). The van der Waals surface area contributed by atoms with Crippen LogP contribution in [0, 0.1) is 0 Å². The fourth-order valence-corrected chi connectivity index (χ4v) is 1.51. The average molecular weight is 283 g/mol. The van der Waals surface area contributed by atoms with Crippen molar-refractivity contribution in [2.24, 2.45) is 0 Å². The van der Waals surface area contributed by atoms with Crippen molar-refractivity contribution in [1.82, 2.24) is 4.90 Å². The zero-order valence-electron chi connectivity index (χ0n) is 12.9. The van der Waals surface area contributed by atoms with Crippen molar-refractivity contribution < 1.29 is 19.1 Å². The molecule has 5 heteroatoms. The third-order valence-electron chi connectivity index (χ3n) is 2.65. The van der Waals surface area contributed by atoms with Gasteiger partial charge in [-0.15, -0.1) is 0 Å². The highest BCUT2D eigenvalue weighted by Gasteiger charge is 2.19. The number of ether oxygens (including phenoxy) is 2. The summed E-state index contributed by atoms with van der Waals surface area (Å²) in [5.41, 5.74) is 0.717. The van der Waals surface area contributed by atoms with Crippen LogP contribution in [-0.4, -0.2) is 49.2 Å². The molecule has 0 aliphatic rings. The number of rotatable bonds is 9. The van der Waals surface area contributed by atoms with Crippen LogP contribution in [0.15, 0.2) is 24.3 Å². The minimum atomic E-state index is -0.417. The summed E-state index contributed by atoms with van der Waals surface area (Å²) in [5.74, 6) is -0.834. The lowest BCUT2D eigenvalue weighted by Gasteiger charge is -2.27. The van der Waals surface area contributed by atoms with Crippen molar-refractivity contribution in [3.63, 3.8) is 0 Å². The van der Waals surface area contributed by atoms with Crippen molar-refractivity contribution in [3.8, 4) is 0 Å². The van der Waals surface area contributed by atoms with E-state index in [0.29, 0.717) is 37.4 Å². The van der Waals surface area contributed by atoms with Gasteiger partial charge in [0.15, 0.2) is 0 Å². The van der Waals surface area contributed by atoms with Gasteiger partial charge in [0.05, 0.1) is 13.2 Å². The number of hydrogen-bond acceptors (Lipinski definition) is 5. The fraction of sp³-hybridized carbons (Fsp3) is 0.600. The van der Waals surface area contributed by atoms with E-state index >= 15 is 0 Å². The Balaban J connectivity index is 4.59. The van der Waals surface area contributed by atoms with Gasteiger partial charge in [0.25, 0.3) is 0 Å². The Bertz CT molecular complexity index is 342. The molecule has 0 fully saturated rings. The average Bonchev–Trinajstić information content (AvgIpc) is 2.37. The molecule has 114 valence electrons. The first-order valence-corrected chi connectivity index (χ1v) is 6.77. The number of carbonyl (C=O) groups is 2. The fourth-order valence-electron chi connectivity index (χ4n) is 1.51. The van der Waals surface area contributed by atoms with E-state index in [1.165, 1.54) is 0 Å². The summed E-state index contributed by atoms with van der Waals surface area (Å²) in [7, 11) is 0. The summed E-state index contributed by atoms with van der Waals surface area (Å²) in [4.78, 5) is 25.0. The Morgan fingerprint density at radius 3 is 1.55 bits per heavy atom. The van der Waals surface area contributed by atoms with E-state index in [4.69, 9.17) is 9.47 Å². The van der Waals surface area contributed by atoms with Gasteiger partial charge in [0.1, 0.15) is 0 Å². The SMILES string of the molecule is C=C(CN(CC(=C)C(=O)OCC)C(C)C)C(=O)OCC. The van der Waals surface area contributed by atoms with E-state index in [1.54, 1.807) is 13.8 Å². The highest BCUT2D eigenvalue weighted by molar-refractivity contribution is 5.89. The number of carbonyl (C=O) groups excluding carboxylic acids is 2. The van der Waals surface area contributed by atoms with Crippen molar-refractivity contribution in [3.05, 3.63) is 24.3 Å². The molecular formula is C15H25NO4. The van der Waals surface area contributed by atoms with Crippen LogP contribution in [0.25, 0.3) is 0 Å². The van der Waals surface area contributed by atoms with E-state index in [0.717, 1.165) is 0 Å². The van der Waals surface area contributed by atoms with Gasteiger partial charge in [-0.05, 0) is 27.7 Å². The predicted octanol–water partition coefficient (Wildman–Crippen LogP) is 1.94. The van der Waals surface area contributed by atoms with Crippen LogP contribution < -0.4 is 0 Å². The lowest BCUT2D eigenvalue weighted by atomic mass is 10.2. The number of esters is 2. The molecule has 0 aliphatic carbocycles. The van der Waals surface area contributed by atoms with Crippen LogP contribution in [0.1, 0.15) is 27.7 Å². The molecule has 0 aliphatic heterocycles. The molecule has 0 amide bonds. The van der Waals surface area contributed by atoms with Crippen LogP contribution in [0.3, 0.4) is 0 Å². The van der Waals surface area contributed by atoms with Crippen molar-refractivity contribution in [1.29, 1.82) is 0 Å². The molecule has 0 aromatic heterocycles. The Kier molecular flexibility index (Phi) is 8.56. The topological polar surface area (TPSA) is 55.8 Å².